The standard InChI is InChI=1S/C11H17ClN2O5S2/c1-8(2)3-5-19-6-4-13-21(17,18)10-7-9(14(15)16)11(12)20-10/h7-8,13H,3-6H2,1-2H3. The smallest absolute Gasteiger partial charge is 0.300 e. The number of rotatable bonds is 9. The molecule has 1 aromatic rings. The topological polar surface area (TPSA) is 98.5 Å². The van der Waals surface area contributed by atoms with Crippen LogP contribution in [0.5, 0.6) is 0 Å². The van der Waals surface area contributed by atoms with Crippen molar-refractivity contribution in [2.24, 2.45) is 5.92 Å². The average Bonchev–Trinajstić information content (AvgIpc) is 2.76. The number of hydrogen-bond acceptors (Lipinski definition) is 6. The van der Waals surface area contributed by atoms with E-state index in [9.17, 15) is 18.5 Å². The van der Waals surface area contributed by atoms with E-state index in [0.29, 0.717) is 23.9 Å². The van der Waals surface area contributed by atoms with Crippen LogP contribution < -0.4 is 4.72 Å². The van der Waals surface area contributed by atoms with Crippen LogP contribution >= 0.6 is 22.9 Å². The highest BCUT2D eigenvalue weighted by molar-refractivity contribution is 7.91. The monoisotopic (exact) mass is 356 g/mol. The van der Waals surface area contributed by atoms with Gasteiger partial charge in [0.05, 0.1) is 11.5 Å². The molecular weight excluding hydrogens is 340 g/mol. The van der Waals surface area contributed by atoms with E-state index in [1.54, 1.807) is 0 Å². The first-order chi connectivity index (χ1) is 9.74. The molecule has 0 aliphatic carbocycles. The molecule has 120 valence electrons. The molecule has 10 heteroatoms. The molecule has 0 atom stereocenters. The van der Waals surface area contributed by atoms with Crippen LogP contribution in [0.2, 0.25) is 4.34 Å². The molecule has 0 aromatic carbocycles. The third-order valence-corrected chi connectivity index (χ3v) is 5.76. The normalized spacial score (nSPS) is 12.0. The molecule has 0 aliphatic heterocycles. The molecule has 0 amide bonds. The van der Waals surface area contributed by atoms with Gasteiger partial charge in [-0.05, 0) is 12.3 Å². The molecule has 0 saturated heterocycles. The van der Waals surface area contributed by atoms with Crippen LogP contribution in [0.3, 0.4) is 0 Å². The predicted molar refractivity (Wildman–Crippen MR) is 81.4 cm³/mol. The summed E-state index contributed by atoms with van der Waals surface area (Å²) in [6.45, 7) is 5.05. The van der Waals surface area contributed by atoms with E-state index in [1.165, 1.54) is 0 Å². The van der Waals surface area contributed by atoms with Gasteiger partial charge in [0.2, 0.25) is 10.0 Å². The molecule has 0 spiro atoms. The summed E-state index contributed by atoms with van der Waals surface area (Å²) in [5.41, 5.74) is -0.407. The summed E-state index contributed by atoms with van der Waals surface area (Å²) in [4.78, 5) is 9.93. The van der Waals surface area contributed by atoms with Gasteiger partial charge in [-0.3, -0.25) is 10.1 Å². The van der Waals surface area contributed by atoms with E-state index in [0.717, 1.165) is 12.5 Å². The van der Waals surface area contributed by atoms with E-state index < -0.39 is 20.6 Å². The summed E-state index contributed by atoms with van der Waals surface area (Å²) >= 11 is 6.29. The molecule has 7 nitrogen and oxygen atoms in total. The van der Waals surface area contributed by atoms with Crippen molar-refractivity contribution >= 4 is 38.6 Å². The van der Waals surface area contributed by atoms with Gasteiger partial charge in [-0.1, -0.05) is 25.4 Å². The van der Waals surface area contributed by atoms with Gasteiger partial charge in [-0.25, -0.2) is 13.1 Å². The van der Waals surface area contributed by atoms with Gasteiger partial charge in [-0.2, -0.15) is 0 Å². The quantitative estimate of drug-likeness (QED) is 0.416. The number of nitrogens with zero attached hydrogens (tertiary/aromatic N) is 1. The Morgan fingerprint density at radius 2 is 2.14 bits per heavy atom. The molecule has 0 aliphatic rings. The van der Waals surface area contributed by atoms with Crippen LogP contribution in [-0.2, 0) is 14.8 Å². The number of ether oxygens (including phenoxy) is 1. The second-order valence-electron chi connectivity index (χ2n) is 4.67. The number of sulfonamides is 1. The van der Waals surface area contributed by atoms with Crippen molar-refractivity contribution in [3.8, 4) is 0 Å². The lowest BCUT2D eigenvalue weighted by Crippen LogP contribution is -2.27. The largest absolute Gasteiger partial charge is 0.380 e. The Hall–Kier alpha value is -0.740. The Morgan fingerprint density at radius 1 is 1.48 bits per heavy atom. The third kappa shape index (κ3) is 5.87. The highest BCUT2D eigenvalue weighted by Gasteiger charge is 2.24. The van der Waals surface area contributed by atoms with Gasteiger partial charge >= 0.3 is 0 Å². The molecule has 21 heavy (non-hydrogen) atoms. The molecule has 0 unspecified atom stereocenters. The van der Waals surface area contributed by atoms with Gasteiger partial charge in [0.15, 0.2) is 4.34 Å². The Morgan fingerprint density at radius 3 is 2.67 bits per heavy atom. The van der Waals surface area contributed by atoms with Crippen molar-refractivity contribution in [3.63, 3.8) is 0 Å². The number of halogens is 1. The van der Waals surface area contributed by atoms with Crippen molar-refractivity contribution in [2.75, 3.05) is 19.8 Å². The Labute approximate surface area is 132 Å². The first kappa shape index (κ1) is 18.3. The van der Waals surface area contributed by atoms with Crippen molar-refractivity contribution in [1.29, 1.82) is 0 Å². The number of hydrogen-bond donors (Lipinski definition) is 1. The summed E-state index contributed by atoms with van der Waals surface area (Å²) in [5.74, 6) is 0.524. The van der Waals surface area contributed by atoms with Crippen LogP contribution in [0.1, 0.15) is 20.3 Å². The van der Waals surface area contributed by atoms with Crippen molar-refractivity contribution in [1.82, 2.24) is 4.72 Å². The fourth-order valence-corrected chi connectivity index (χ4v) is 4.06. The van der Waals surface area contributed by atoms with Crippen LogP contribution in [0, 0.1) is 16.0 Å². The third-order valence-electron chi connectivity index (χ3n) is 2.49. The highest BCUT2D eigenvalue weighted by atomic mass is 35.5. The molecule has 1 rings (SSSR count). The zero-order valence-corrected chi connectivity index (χ0v) is 14.1. The molecule has 0 saturated carbocycles. The number of nitrogens with one attached hydrogen (secondary N) is 1. The highest BCUT2D eigenvalue weighted by Crippen LogP contribution is 2.35. The van der Waals surface area contributed by atoms with Crippen molar-refractivity contribution in [3.05, 3.63) is 20.5 Å². The Kier molecular flexibility index (Phi) is 7.01. The van der Waals surface area contributed by atoms with Gasteiger partial charge in [0.25, 0.3) is 5.69 Å². The SMILES string of the molecule is CC(C)CCOCCNS(=O)(=O)c1cc([N+](=O)[O-])c(Cl)s1. The zero-order valence-electron chi connectivity index (χ0n) is 11.7. The second kappa shape index (κ2) is 8.04. The summed E-state index contributed by atoms with van der Waals surface area (Å²) in [6, 6.07) is 0.953. The lowest BCUT2D eigenvalue weighted by atomic mass is 10.1. The van der Waals surface area contributed by atoms with E-state index in [-0.39, 0.29) is 21.7 Å². The molecule has 1 aromatic heterocycles. The summed E-state index contributed by atoms with van der Waals surface area (Å²) < 4.78 is 31.1. The van der Waals surface area contributed by atoms with Crippen molar-refractivity contribution in [2.45, 2.75) is 24.5 Å². The first-order valence-corrected chi connectivity index (χ1v) is 8.93. The maximum Gasteiger partial charge on any atom is 0.300 e. The number of nitro groups is 1. The molecule has 1 N–H and O–H groups in total. The average molecular weight is 357 g/mol. The van der Waals surface area contributed by atoms with E-state index in [2.05, 4.69) is 18.6 Å². The van der Waals surface area contributed by atoms with E-state index in [4.69, 9.17) is 16.3 Å². The van der Waals surface area contributed by atoms with Gasteiger partial charge in [0.1, 0.15) is 4.21 Å². The lowest BCUT2D eigenvalue weighted by molar-refractivity contribution is -0.384. The minimum atomic E-state index is -3.80. The molecule has 0 radical (unpaired) electrons. The molecular formula is C11H17ClN2O5S2. The first-order valence-electron chi connectivity index (χ1n) is 6.25. The zero-order chi connectivity index (χ0) is 16.0. The van der Waals surface area contributed by atoms with Gasteiger partial charge in [0, 0.05) is 19.2 Å². The van der Waals surface area contributed by atoms with E-state index in [1.807, 2.05) is 0 Å². The maximum atomic E-state index is 11.9. The summed E-state index contributed by atoms with van der Waals surface area (Å²) in [5, 5.41) is 10.6. The van der Waals surface area contributed by atoms with Crippen LogP contribution in [0.25, 0.3) is 0 Å². The minimum Gasteiger partial charge on any atom is -0.380 e. The maximum absolute atomic E-state index is 11.9. The van der Waals surface area contributed by atoms with Gasteiger partial charge < -0.3 is 4.74 Å². The van der Waals surface area contributed by atoms with Crippen molar-refractivity contribution < 1.29 is 18.1 Å². The minimum absolute atomic E-state index is 0.101. The van der Waals surface area contributed by atoms with Crippen LogP contribution in [0.4, 0.5) is 5.69 Å². The Balaban J connectivity index is 2.50. The van der Waals surface area contributed by atoms with Gasteiger partial charge in [-0.15, -0.1) is 11.3 Å². The Bertz CT molecular complexity index is 585. The molecule has 0 bridgehead atoms. The molecule has 1 heterocycles. The second-order valence-corrected chi connectivity index (χ2v) is 8.32. The number of thiophene rings is 1. The summed E-state index contributed by atoms with van der Waals surface area (Å²) in [6.07, 6.45) is 0.902. The lowest BCUT2D eigenvalue weighted by Gasteiger charge is -2.07. The molecule has 0 fully saturated rings. The summed E-state index contributed by atoms with van der Waals surface area (Å²) in [7, 11) is -3.80. The fraction of sp³-hybridized carbons (Fsp3) is 0.636. The van der Waals surface area contributed by atoms with E-state index >= 15 is 0 Å². The van der Waals surface area contributed by atoms with Crippen LogP contribution in [-0.4, -0.2) is 33.1 Å². The fourth-order valence-electron chi connectivity index (χ4n) is 1.34. The predicted octanol–water partition coefficient (Wildman–Crippen LogP) is 2.65. The van der Waals surface area contributed by atoms with Crippen LogP contribution in [0.15, 0.2) is 10.3 Å².